The number of hydrogen-bond acceptors (Lipinski definition) is 8. The van der Waals surface area contributed by atoms with E-state index < -0.39 is 0 Å². The summed E-state index contributed by atoms with van der Waals surface area (Å²) in [4.78, 5) is 24.8. The molecule has 4 N–H and O–H groups in total. The highest BCUT2D eigenvalue weighted by Crippen LogP contribution is 2.03. The van der Waals surface area contributed by atoms with E-state index in [2.05, 4.69) is 21.5 Å². The van der Waals surface area contributed by atoms with Crippen molar-refractivity contribution in [1.29, 1.82) is 0 Å². The van der Waals surface area contributed by atoms with Crippen molar-refractivity contribution in [3.8, 4) is 0 Å². The molecule has 1 aromatic heterocycles. The maximum absolute atomic E-state index is 11.5. The van der Waals surface area contributed by atoms with Crippen LogP contribution in [0.4, 0.5) is 11.9 Å². The predicted molar refractivity (Wildman–Crippen MR) is 70.8 cm³/mol. The van der Waals surface area contributed by atoms with E-state index in [1.807, 2.05) is 0 Å². The van der Waals surface area contributed by atoms with Gasteiger partial charge in [-0.3, -0.25) is 9.69 Å². The number of hydrogen-bond donors (Lipinski definition) is 2. The van der Waals surface area contributed by atoms with Crippen LogP contribution in [0.15, 0.2) is 12.7 Å². The molecule has 1 rings (SSSR count). The van der Waals surface area contributed by atoms with E-state index in [-0.39, 0.29) is 24.4 Å². The normalized spacial score (nSPS) is 10.4. The molecule has 0 bridgehead atoms. The van der Waals surface area contributed by atoms with Crippen molar-refractivity contribution in [2.45, 2.75) is 13.5 Å². The summed E-state index contributed by atoms with van der Waals surface area (Å²) in [5, 5.41) is 0. The number of ether oxygens (including phenoxy) is 1. The molecule has 0 radical (unpaired) electrons. The molecule has 19 heavy (non-hydrogen) atoms. The predicted octanol–water partition coefficient (Wildman–Crippen LogP) is -0.413. The lowest BCUT2D eigenvalue weighted by atomic mass is 10.4. The van der Waals surface area contributed by atoms with Crippen LogP contribution in [0.1, 0.15) is 12.7 Å². The molecule has 0 aromatic carbocycles. The van der Waals surface area contributed by atoms with Crippen molar-refractivity contribution in [3.05, 3.63) is 18.5 Å². The Labute approximate surface area is 111 Å². The highest BCUT2D eigenvalue weighted by atomic mass is 16.5. The molecule has 0 amide bonds. The zero-order chi connectivity index (χ0) is 14.3. The topological polar surface area (TPSA) is 120 Å². The van der Waals surface area contributed by atoms with Crippen LogP contribution in [0.25, 0.3) is 0 Å². The molecule has 104 valence electrons. The molecule has 1 aromatic rings. The van der Waals surface area contributed by atoms with Crippen LogP contribution in [0.5, 0.6) is 0 Å². The van der Waals surface area contributed by atoms with Gasteiger partial charge >= 0.3 is 5.97 Å². The van der Waals surface area contributed by atoms with Gasteiger partial charge in [-0.15, -0.1) is 6.58 Å². The molecular weight excluding hydrogens is 248 g/mol. The highest BCUT2D eigenvalue weighted by molar-refractivity contribution is 5.71. The standard InChI is InChI=1S/C11H18N6O2/c1-3-5-17(7-9(18)19-4-2)6-8-14-10(12)16-11(13)15-8/h3H,1,4-7H2,2H3,(H4,12,13,14,15,16). The average molecular weight is 266 g/mol. The first kappa shape index (κ1) is 14.8. The minimum Gasteiger partial charge on any atom is -0.465 e. The van der Waals surface area contributed by atoms with Gasteiger partial charge < -0.3 is 16.2 Å². The molecule has 8 nitrogen and oxygen atoms in total. The molecule has 0 unspecified atom stereocenters. The lowest BCUT2D eigenvalue weighted by Gasteiger charge is -2.18. The first-order valence-electron chi connectivity index (χ1n) is 5.80. The van der Waals surface area contributed by atoms with Gasteiger partial charge in [0, 0.05) is 6.54 Å². The molecule has 0 fully saturated rings. The Balaban J connectivity index is 2.71. The number of nitrogens with zero attached hydrogens (tertiary/aromatic N) is 4. The van der Waals surface area contributed by atoms with Crippen molar-refractivity contribution >= 4 is 17.9 Å². The van der Waals surface area contributed by atoms with Crippen LogP contribution in [-0.4, -0.2) is 45.5 Å². The summed E-state index contributed by atoms with van der Waals surface area (Å²) in [5.41, 5.74) is 11.0. The highest BCUT2D eigenvalue weighted by Gasteiger charge is 2.13. The smallest absolute Gasteiger partial charge is 0.320 e. The van der Waals surface area contributed by atoms with E-state index in [4.69, 9.17) is 16.2 Å². The van der Waals surface area contributed by atoms with Gasteiger partial charge in [0.2, 0.25) is 11.9 Å². The van der Waals surface area contributed by atoms with Gasteiger partial charge in [0.05, 0.1) is 19.7 Å². The summed E-state index contributed by atoms with van der Waals surface area (Å²) >= 11 is 0. The van der Waals surface area contributed by atoms with E-state index >= 15 is 0 Å². The van der Waals surface area contributed by atoms with Gasteiger partial charge in [0.15, 0.2) is 0 Å². The minimum atomic E-state index is -0.320. The molecule has 0 aliphatic heterocycles. The van der Waals surface area contributed by atoms with Gasteiger partial charge in [-0.05, 0) is 6.92 Å². The monoisotopic (exact) mass is 266 g/mol. The lowest BCUT2D eigenvalue weighted by molar-refractivity contribution is -0.144. The second-order valence-electron chi connectivity index (χ2n) is 3.73. The largest absolute Gasteiger partial charge is 0.465 e. The molecule has 0 atom stereocenters. The molecule has 0 aliphatic rings. The first-order chi connectivity index (χ1) is 9.05. The SMILES string of the molecule is C=CCN(CC(=O)OCC)Cc1nc(N)nc(N)n1. The minimum absolute atomic E-state index is 0.0530. The third kappa shape index (κ3) is 5.30. The lowest BCUT2D eigenvalue weighted by Crippen LogP contribution is -2.31. The summed E-state index contributed by atoms with van der Waals surface area (Å²) in [6.07, 6.45) is 1.67. The third-order valence-electron chi connectivity index (χ3n) is 2.13. The van der Waals surface area contributed by atoms with E-state index in [0.717, 1.165) is 0 Å². The van der Waals surface area contributed by atoms with Gasteiger partial charge in [0.1, 0.15) is 5.82 Å². The zero-order valence-corrected chi connectivity index (χ0v) is 10.9. The fourth-order valence-corrected chi connectivity index (χ4v) is 1.48. The van der Waals surface area contributed by atoms with Crippen molar-refractivity contribution in [3.63, 3.8) is 0 Å². The van der Waals surface area contributed by atoms with Gasteiger partial charge in [-0.25, -0.2) is 0 Å². The summed E-state index contributed by atoms with van der Waals surface area (Å²) in [5.74, 6) is 0.185. The van der Waals surface area contributed by atoms with Crippen LogP contribution < -0.4 is 11.5 Å². The fourth-order valence-electron chi connectivity index (χ4n) is 1.48. The third-order valence-corrected chi connectivity index (χ3v) is 2.13. The Morgan fingerprint density at radius 3 is 2.53 bits per heavy atom. The number of nitrogen functional groups attached to an aromatic ring is 2. The molecule has 0 saturated heterocycles. The number of rotatable bonds is 7. The molecule has 1 heterocycles. The van der Waals surface area contributed by atoms with Crippen molar-refractivity contribution < 1.29 is 9.53 Å². The molecule has 0 saturated carbocycles. The van der Waals surface area contributed by atoms with Crippen LogP contribution in [0.3, 0.4) is 0 Å². The Kier molecular flexibility index (Phi) is 5.68. The number of carbonyl (C=O) groups is 1. The quantitative estimate of drug-likeness (QED) is 0.504. The van der Waals surface area contributed by atoms with E-state index in [1.165, 1.54) is 0 Å². The Bertz CT molecular complexity index is 431. The Hall–Kier alpha value is -2.22. The first-order valence-corrected chi connectivity index (χ1v) is 5.80. The van der Waals surface area contributed by atoms with Crippen LogP contribution in [-0.2, 0) is 16.1 Å². The van der Waals surface area contributed by atoms with Gasteiger partial charge in [-0.1, -0.05) is 6.08 Å². The van der Waals surface area contributed by atoms with Crippen LogP contribution in [0.2, 0.25) is 0 Å². The van der Waals surface area contributed by atoms with Crippen LogP contribution >= 0.6 is 0 Å². The number of carbonyl (C=O) groups excluding carboxylic acids is 1. The van der Waals surface area contributed by atoms with Crippen molar-refractivity contribution in [2.75, 3.05) is 31.2 Å². The number of nitrogens with two attached hydrogens (primary N) is 2. The Morgan fingerprint density at radius 1 is 1.37 bits per heavy atom. The van der Waals surface area contributed by atoms with E-state index in [1.54, 1.807) is 17.9 Å². The molecule has 0 spiro atoms. The number of anilines is 2. The number of esters is 1. The Morgan fingerprint density at radius 2 is 2.00 bits per heavy atom. The summed E-state index contributed by atoms with van der Waals surface area (Å²) < 4.78 is 4.89. The second kappa shape index (κ2) is 7.27. The molecular formula is C11H18N6O2. The maximum Gasteiger partial charge on any atom is 0.320 e. The fraction of sp³-hybridized carbons (Fsp3) is 0.455. The summed E-state index contributed by atoms with van der Waals surface area (Å²) in [6, 6.07) is 0. The second-order valence-corrected chi connectivity index (χ2v) is 3.73. The van der Waals surface area contributed by atoms with Crippen molar-refractivity contribution in [2.24, 2.45) is 0 Å². The average Bonchev–Trinajstić information content (AvgIpc) is 2.27. The van der Waals surface area contributed by atoms with E-state index in [0.29, 0.717) is 25.5 Å². The van der Waals surface area contributed by atoms with Crippen molar-refractivity contribution in [1.82, 2.24) is 19.9 Å². The summed E-state index contributed by atoms with van der Waals surface area (Å²) in [7, 11) is 0. The van der Waals surface area contributed by atoms with Crippen LogP contribution in [0, 0.1) is 0 Å². The zero-order valence-electron chi connectivity index (χ0n) is 10.9. The summed E-state index contributed by atoms with van der Waals surface area (Å²) in [6.45, 7) is 6.64. The van der Waals surface area contributed by atoms with Gasteiger partial charge in [0.25, 0.3) is 0 Å². The van der Waals surface area contributed by atoms with Gasteiger partial charge in [-0.2, -0.15) is 15.0 Å². The maximum atomic E-state index is 11.5. The number of aromatic nitrogens is 3. The molecule has 0 aliphatic carbocycles. The molecule has 8 heteroatoms. The van der Waals surface area contributed by atoms with E-state index in [9.17, 15) is 4.79 Å².